The van der Waals surface area contributed by atoms with E-state index >= 15 is 0 Å². The molecular formula is C18H21F2N3O4S. The molecule has 1 heterocycles. The highest BCUT2D eigenvalue weighted by Crippen LogP contribution is 2.64. The van der Waals surface area contributed by atoms with Crippen LogP contribution < -0.4 is 8.61 Å². The summed E-state index contributed by atoms with van der Waals surface area (Å²) in [6.45, 7) is 0.467. The van der Waals surface area contributed by atoms with Crippen molar-refractivity contribution in [2.45, 2.75) is 12.8 Å². The molecule has 0 saturated heterocycles. The first-order chi connectivity index (χ1) is 13.2. The molecule has 0 bridgehead atoms. The summed E-state index contributed by atoms with van der Waals surface area (Å²) in [5.41, 5.74) is 0.203. The number of carbonyl (C=O) groups is 1. The van der Waals surface area contributed by atoms with Crippen LogP contribution in [0.3, 0.4) is 0 Å². The van der Waals surface area contributed by atoms with Gasteiger partial charge >= 0.3 is 6.09 Å². The topological polar surface area (TPSA) is 87.5 Å². The number of hydrogen-bond donors (Lipinski definition) is 3. The highest BCUT2D eigenvalue weighted by molar-refractivity contribution is 8.27. The smallest absolute Gasteiger partial charge is 0.407 e. The largest absolute Gasteiger partial charge is 0.465 e. The van der Waals surface area contributed by atoms with Crippen molar-refractivity contribution in [3.63, 3.8) is 0 Å². The van der Waals surface area contributed by atoms with Crippen molar-refractivity contribution in [1.82, 2.24) is 4.90 Å². The number of rotatable bonds is 6. The standard InChI is InChI=1S/C18H21F2N3O4S/c1-21(18(24)25)11-4-5-12-22-15-9-2-3-10-16(15)23(28(22,26)27)17-13(19)7-6-8-14(17)20/h2-3,6-10,26-27H,4-5,11-12H2,1H3,(H,24,25). The Morgan fingerprint density at radius 3 is 2.25 bits per heavy atom. The lowest BCUT2D eigenvalue weighted by Crippen LogP contribution is -2.33. The first-order valence-electron chi connectivity index (χ1n) is 8.58. The Labute approximate surface area is 163 Å². The number of fused-ring (bicyclic) bond motifs is 1. The quantitative estimate of drug-likeness (QED) is 0.584. The molecule has 28 heavy (non-hydrogen) atoms. The maximum atomic E-state index is 14.4. The fourth-order valence-corrected chi connectivity index (χ4v) is 4.91. The van der Waals surface area contributed by atoms with Crippen molar-refractivity contribution in [1.29, 1.82) is 0 Å². The highest BCUT2D eigenvalue weighted by Gasteiger charge is 2.43. The summed E-state index contributed by atoms with van der Waals surface area (Å²) in [5, 5.41) is 8.88. The third-order valence-corrected chi connectivity index (χ3v) is 6.32. The lowest BCUT2D eigenvalue weighted by Gasteiger charge is -2.43. The average Bonchev–Trinajstić information content (AvgIpc) is 2.85. The van der Waals surface area contributed by atoms with Gasteiger partial charge in [0, 0.05) is 20.1 Å². The second-order valence-electron chi connectivity index (χ2n) is 6.36. The Balaban J connectivity index is 1.88. The van der Waals surface area contributed by atoms with Crippen LogP contribution in [0.2, 0.25) is 0 Å². The van der Waals surface area contributed by atoms with Crippen LogP contribution in [0.5, 0.6) is 0 Å². The molecule has 3 N–H and O–H groups in total. The Bertz CT molecular complexity index is 863. The molecule has 152 valence electrons. The fraction of sp³-hybridized carbons (Fsp3) is 0.278. The van der Waals surface area contributed by atoms with Gasteiger partial charge in [0.15, 0.2) is 11.6 Å². The first kappa shape index (κ1) is 20.2. The van der Waals surface area contributed by atoms with Gasteiger partial charge in [0.05, 0.1) is 11.4 Å². The van der Waals surface area contributed by atoms with Crippen molar-refractivity contribution >= 4 is 34.1 Å². The molecule has 7 nitrogen and oxygen atoms in total. The zero-order valence-electron chi connectivity index (χ0n) is 15.1. The van der Waals surface area contributed by atoms with Gasteiger partial charge in [-0.2, -0.15) is 0 Å². The number of nitrogens with zero attached hydrogens (tertiary/aromatic N) is 3. The lowest BCUT2D eigenvalue weighted by molar-refractivity contribution is 0.155. The van der Waals surface area contributed by atoms with Gasteiger partial charge in [0.25, 0.3) is 0 Å². The van der Waals surface area contributed by atoms with E-state index in [1.807, 2.05) is 0 Å². The molecule has 0 atom stereocenters. The van der Waals surface area contributed by atoms with E-state index in [-0.39, 0.29) is 18.8 Å². The highest BCUT2D eigenvalue weighted by atomic mass is 32.3. The number of carboxylic acid groups (broad SMARTS) is 1. The predicted molar refractivity (Wildman–Crippen MR) is 105 cm³/mol. The molecule has 0 spiro atoms. The van der Waals surface area contributed by atoms with Gasteiger partial charge in [0.1, 0.15) is 5.69 Å². The molecule has 0 fully saturated rings. The molecule has 1 aliphatic heterocycles. The summed E-state index contributed by atoms with van der Waals surface area (Å²) < 4.78 is 52.7. The minimum Gasteiger partial charge on any atom is -0.465 e. The van der Waals surface area contributed by atoms with Crippen LogP contribution in [0.4, 0.5) is 30.6 Å². The zero-order chi connectivity index (χ0) is 20.5. The summed E-state index contributed by atoms with van der Waals surface area (Å²) in [4.78, 5) is 12.0. The molecule has 0 unspecified atom stereocenters. The molecule has 2 aromatic carbocycles. The molecule has 1 aliphatic rings. The number of halogens is 2. The van der Waals surface area contributed by atoms with E-state index in [9.17, 15) is 22.7 Å². The molecule has 1 amide bonds. The third kappa shape index (κ3) is 3.58. The number of hydrogen-bond acceptors (Lipinski definition) is 5. The van der Waals surface area contributed by atoms with Crippen LogP contribution >= 0.6 is 11.0 Å². The van der Waals surface area contributed by atoms with Crippen LogP contribution in [0.25, 0.3) is 0 Å². The van der Waals surface area contributed by atoms with Gasteiger partial charge in [-0.1, -0.05) is 18.2 Å². The Kier molecular flexibility index (Phi) is 5.64. The Hall–Kier alpha value is -2.56. The van der Waals surface area contributed by atoms with Crippen LogP contribution in [0, 0.1) is 11.6 Å². The normalized spacial score (nSPS) is 16.0. The van der Waals surface area contributed by atoms with Gasteiger partial charge in [-0.3, -0.25) is 13.4 Å². The SMILES string of the molecule is CN(CCCCN1c2ccccc2N(c2c(F)cccc2F)S1(O)O)C(=O)O. The molecule has 0 aromatic heterocycles. The predicted octanol–water partition coefficient (Wildman–Crippen LogP) is 4.89. The van der Waals surface area contributed by atoms with Gasteiger partial charge < -0.3 is 10.0 Å². The molecular weight excluding hydrogens is 392 g/mol. The number of anilines is 3. The van der Waals surface area contributed by atoms with Crippen molar-refractivity contribution < 1.29 is 27.8 Å². The van der Waals surface area contributed by atoms with Crippen molar-refractivity contribution in [3.05, 3.63) is 54.1 Å². The van der Waals surface area contributed by atoms with Crippen LogP contribution in [0.1, 0.15) is 12.8 Å². The minimum atomic E-state index is -3.75. The number of unbranched alkanes of at least 4 members (excludes halogenated alkanes) is 1. The third-order valence-electron chi connectivity index (χ3n) is 4.48. The monoisotopic (exact) mass is 413 g/mol. The first-order valence-corrected chi connectivity index (χ1v) is 10.0. The van der Waals surface area contributed by atoms with Crippen molar-refractivity contribution in [2.24, 2.45) is 0 Å². The van der Waals surface area contributed by atoms with Crippen LogP contribution in [0.15, 0.2) is 42.5 Å². The lowest BCUT2D eigenvalue weighted by atomic mass is 10.2. The summed E-state index contributed by atoms with van der Waals surface area (Å²) in [7, 11) is -2.30. The van der Waals surface area contributed by atoms with Crippen molar-refractivity contribution in [2.75, 3.05) is 28.7 Å². The number of para-hydroxylation sites is 3. The summed E-state index contributed by atoms with van der Waals surface area (Å²) in [5.74, 6) is -1.81. The van der Waals surface area contributed by atoms with Crippen LogP contribution in [-0.2, 0) is 0 Å². The number of amides is 1. The average molecular weight is 413 g/mol. The van der Waals surface area contributed by atoms with Gasteiger partial charge in [0.2, 0.25) is 0 Å². The van der Waals surface area contributed by atoms with E-state index in [0.717, 1.165) is 21.3 Å². The van der Waals surface area contributed by atoms with E-state index in [1.54, 1.807) is 24.3 Å². The Morgan fingerprint density at radius 1 is 1.04 bits per heavy atom. The molecule has 0 aliphatic carbocycles. The number of benzene rings is 2. The second kappa shape index (κ2) is 7.82. The summed E-state index contributed by atoms with van der Waals surface area (Å²) >= 11 is 0. The van der Waals surface area contributed by atoms with E-state index in [2.05, 4.69) is 0 Å². The van der Waals surface area contributed by atoms with Gasteiger partial charge in [-0.15, -0.1) is 0 Å². The maximum absolute atomic E-state index is 14.4. The van der Waals surface area contributed by atoms with Crippen molar-refractivity contribution in [3.8, 4) is 0 Å². The fourth-order valence-electron chi connectivity index (χ4n) is 3.08. The molecule has 2 aromatic rings. The molecule has 3 rings (SSSR count). The minimum absolute atomic E-state index is 0.180. The maximum Gasteiger partial charge on any atom is 0.407 e. The van der Waals surface area contributed by atoms with Gasteiger partial charge in [-0.25, -0.2) is 17.9 Å². The van der Waals surface area contributed by atoms with E-state index in [0.29, 0.717) is 18.5 Å². The van der Waals surface area contributed by atoms with Gasteiger partial charge in [-0.05, 0) is 48.1 Å². The molecule has 0 saturated carbocycles. The zero-order valence-corrected chi connectivity index (χ0v) is 15.9. The molecule has 10 heteroatoms. The Morgan fingerprint density at radius 2 is 1.64 bits per heavy atom. The summed E-state index contributed by atoms with van der Waals surface area (Å²) in [6, 6.07) is 9.87. The van der Waals surface area contributed by atoms with Crippen LogP contribution in [-0.4, -0.2) is 45.3 Å². The van der Waals surface area contributed by atoms with E-state index in [1.165, 1.54) is 17.4 Å². The summed E-state index contributed by atoms with van der Waals surface area (Å²) in [6.07, 6.45) is -0.0995. The molecule has 0 radical (unpaired) electrons. The van der Waals surface area contributed by atoms with E-state index in [4.69, 9.17) is 5.11 Å². The second-order valence-corrected chi connectivity index (χ2v) is 8.14. The van der Waals surface area contributed by atoms with E-state index < -0.39 is 34.4 Å².